The molecule has 0 bridgehead atoms. The molecule has 0 aromatic heterocycles. The van der Waals surface area contributed by atoms with Crippen LogP contribution in [0.5, 0.6) is 0 Å². The van der Waals surface area contributed by atoms with Crippen molar-refractivity contribution >= 4 is 35.2 Å². The smallest absolute Gasteiger partial charge is 0.262 e. The Morgan fingerprint density at radius 1 is 0.639 bits per heavy atom. The second-order valence-corrected chi connectivity index (χ2v) is 8.70. The van der Waals surface area contributed by atoms with E-state index in [0.29, 0.717) is 29.7 Å². The van der Waals surface area contributed by atoms with Gasteiger partial charge < -0.3 is 5.32 Å². The Bertz CT molecular complexity index is 1310. The summed E-state index contributed by atoms with van der Waals surface area (Å²) in [5, 5.41) is 2.79. The van der Waals surface area contributed by atoms with E-state index in [4.69, 9.17) is 0 Å². The van der Waals surface area contributed by atoms with Crippen molar-refractivity contribution in [2.45, 2.75) is 25.3 Å². The number of anilines is 1. The average molecular weight is 482 g/mol. The van der Waals surface area contributed by atoms with Crippen molar-refractivity contribution in [3.63, 3.8) is 0 Å². The van der Waals surface area contributed by atoms with E-state index < -0.39 is 23.8 Å². The van der Waals surface area contributed by atoms with E-state index in [2.05, 4.69) is 5.32 Å². The fourth-order valence-corrected chi connectivity index (χ4v) is 4.67. The first-order chi connectivity index (χ1) is 17.5. The van der Waals surface area contributed by atoms with Crippen molar-refractivity contribution in [2.24, 2.45) is 0 Å². The van der Waals surface area contributed by atoms with Gasteiger partial charge in [-0.25, -0.2) is 0 Å². The number of carbonyl (C=O) groups excluding carboxylic acids is 5. The van der Waals surface area contributed by atoms with Gasteiger partial charge in [0.25, 0.3) is 23.6 Å². The van der Waals surface area contributed by atoms with Crippen molar-refractivity contribution in [1.29, 1.82) is 0 Å². The maximum atomic E-state index is 13.3. The lowest BCUT2D eigenvalue weighted by atomic mass is 10.1. The molecular weight excluding hydrogens is 458 g/mol. The SMILES string of the molecule is O=C(Nc1ccccc1)[C@H](CCCCN1C(=O)c2ccccc2C1=O)N1C(=O)c2ccccc2C1=O. The Kier molecular flexibility index (Phi) is 6.16. The number of rotatable bonds is 8. The number of amides is 5. The zero-order chi connectivity index (χ0) is 25.2. The Morgan fingerprint density at radius 2 is 1.11 bits per heavy atom. The summed E-state index contributed by atoms with van der Waals surface area (Å²) in [6.07, 6.45) is 1.02. The highest BCUT2D eigenvalue weighted by atomic mass is 16.2. The second-order valence-electron chi connectivity index (χ2n) is 8.70. The maximum Gasteiger partial charge on any atom is 0.262 e. The number of benzene rings is 3. The average Bonchev–Trinajstić information content (AvgIpc) is 3.30. The molecule has 1 N–H and O–H groups in total. The van der Waals surface area contributed by atoms with Gasteiger partial charge >= 0.3 is 0 Å². The molecule has 0 radical (unpaired) electrons. The molecule has 0 spiro atoms. The van der Waals surface area contributed by atoms with Gasteiger partial charge in [0.2, 0.25) is 5.91 Å². The van der Waals surface area contributed by atoms with Crippen LogP contribution < -0.4 is 5.32 Å². The first-order valence-corrected chi connectivity index (χ1v) is 11.8. The topological polar surface area (TPSA) is 104 Å². The van der Waals surface area contributed by atoms with Gasteiger partial charge in [-0.3, -0.25) is 33.8 Å². The number of nitrogens with one attached hydrogen (secondary N) is 1. The lowest BCUT2D eigenvalue weighted by Gasteiger charge is -2.25. The van der Waals surface area contributed by atoms with Gasteiger partial charge in [0, 0.05) is 12.2 Å². The van der Waals surface area contributed by atoms with Gasteiger partial charge in [0.1, 0.15) is 6.04 Å². The number of unbranched alkanes of at least 4 members (excludes halogenated alkanes) is 1. The summed E-state index contributed by atoms with van der Waals surface area (Å²) in [4.78, 5) is 66.9. The van der Waals surface area contributed by atoms with Crippen LogP contribution in [0.3, 0.4) is 0 Å². The van der Waals surface area contributed by atoms with Gasteiger partial charge in [-0.05, 0) is 55.7 Å². The van der Waals surface area contributed by atoms with Crippen molar-refractivity contribution in [1.82, 2.24) is 9.80 Å². The molecule has 8 heteroatoms. The van der Waals surface area contributed by atoms with Crippen LogP contribution in [0.1, 0.15) is 60.7 Å². The van der Waals surface area contributed by atoms with Crippen LogP contribution >= 0.6 is 0 Å². The molecule has 1 atom stereocenters. The quantitative estimate of drug-likeness (QED) is 0.390. The van der Waals surface area contributed by atoms with Crippen molar-refractivity contribution in [2.75, 3.05) is 11.9 Å². The lowest BCUT2D eigenvalue weighted by Crippen LogP contribution is -2.47. The normalized spacial score (nSPS) is 15.2. The molecule has 0 aliphatic carbocycles. The highest BCUT2D eigenvalue weighted by Crippen LogP contribution is 2.28. The van der Waals surface area contributed by atoms with Gasteiger partial charge in [0.15, 0.2) is 0 Å². The molecule has 2 aliphatic heterocycles. The fourth-order valence-electron chi connectivity index (χ4n) is 4.67. The molecule has 3 aromatic rings. The van der Waals surface area contributed by atoms with Gasteiger partial charge in [0.05, 0.1) is 22.3 Å². The van der Waals surface area contributed by atoms with E-state index in [-0.39, 0.29) is 35.9 Å². The van der Waals surface area contributed by atoms with Crippen molar-refractivity contribution in [3.05, 3.63) is 101 Å². The second kappa shape index (κ2) is 9.58. The lowest BCUT2D eigenvalue weighted by molar-refractivity contribution is -0.120. The highest BCUT2D eigenvalue weighted by Gasteiger charge is 2.42. The monoisotopic (exact) mass is 481 g/mol. The van der Waals surface area contributed by atoms with Crippen molar-refractivity contribution < 1.29 is 24.0 Å². The molecule has 0 saturated carbocycles. The summed E-state index contributed by atoms with van der Waals surface area (Å²) >= 11 is 0. The molecule has 0 fully saturated rings. The number of para-hydroxylation sites is 1. The van der Waals surface area contributed by atoms with Gasteiger partial charge in [-0.1, -0.05) is 42.5 Å². The number of nitrogens with zero attached hydrogens (tertiary/aromatic N) is 2. The summed E-state index contributed by atoms with van der Waals surface area (Å²) in [6, 6.07) is 20.9. The van der Waals surface area contributed by atoms with E-state index in [1.165, 1.54) is 4.90 Å². The van der Waals surface area contributed by atoms with E-state index in [0.717, 1.165) is 4.90 Å². The van der Waals surface area contributed by atoms with E-state index >= 15 is 0 Å². The summed E-state index contributed by atoms with van der Waals surface area (Å²) in [5.74, 6) is -2.17. The van der Waals surface area contributed by atoms with Crippen LogP contribution in [0.15, 0.2) is 78.9 Å². The Balaban J connectivity index is 1.30. The van der Waals surface area contributed by atoms with Crippen LogP contribution in [0.2, 0.25) is 0 Å². The minimum Gasteiger partial charge on any atom is -0.324 e. The first kappa shape index (κ1) is 23.2. The van der Waals surface area contributed by atoms with Crippen LogP contribution in [0, 0.1) is 0 Å². The number of hydrogen-bond acceptors (Lipinski definition) is 5. The number of fused-ring (bicyclic) bond motifs is 2. The van der Waals surface area contributed by atoms with E-state index in [1.807, 2.05) is 6.07 Å². The molecule has 5 rings (SSSR count). The molecule has 180 valence electrons. The van der Waals surface area contributed by atoms with Crippen LogP contribution in [0.25, 0.3) is 0 Å². The molecule has 0 saturated heterocycles. The third-order valence-electron chi connectivity index (χ3n) is 6.47. The molecule has 3 aromatic carbocycles. The van der Waals surface area contributed by atoms with Gasteiger partial charge in [-0.15, -0.1) is 0 Å². The molecule has 2 aliphatic rings. The Morgan fingerprint density at radius 3 is 1.64 bits per heavy atom. The summed E-state index contributed by atoms with van der Waals surface area (Å²) in [5.41, 5.74) is 1.86. The Hall–Kier alpha value is -4.59. The third kappa shape index (κ3) is 4.07. The minimum absolute atomic E-state index is 0.182. The first-order valence-electron chi connectivity index (χ1n) is 11.8. The highest BCUT2D eigenvalue weighted by molar-refractivity contribution is 6.23. The number of imide groups is 2. The predicted molar refractivity (Wildman–Crippen MR) is 131 cm³/mol. The van der Waals surface area contributed by atoms with E-state index in [1.54, 1.807) is 72.8 Å². The van der Waals surface area contributed by atoms with Crippen molar-refractivity contribution in [3.8, 4) is 0 Å². The predicted octanol–water partition coefficient (Wildman–Crippen LogP) is 3.76. The largest absolute Gasteiger partial charge is 0.324 e. The zero-order valence-electron chi connectivity index (χ0n) is 19.3. The molecular formula is C28H23N3O5. The van der Waals surface area contributed by atoms with Crippen LogP contribution in [0.4, 0.5) is 5.69 Å². The molecule has 0 unspecified atom stereocenters. The number of hydrogen-bond donors (Lipinski definition) is 1. The summed E-state index contributed by atoms with van der Waals surface area (Å²) < 4.78 is 0. The third-order valence-corrected chi connectivity index (χ3v) is 6.47. The molecule has 8 nitrogen and oxygen atoms in total. The molecule has 5 amide bonds. The van der Waals surface area contributed by atoms with Crippen LogP contribution in [-0.2, 0) is 4.79 Å². The Labute approximate surface area is 207 Å². The van der Waals surface area contributed by atoms with Crippen LogP contribution in [-0.4, -0.2) is 51.9 Å². The fraction of sp³-hybridized carbons (Fsp3) is 0.179. The number of carbonyl (C=O) groups is 5. The minimum atomic E-state index is -1.04. The maximum absolute atomic E-state index is 13.3. The summed E-state index contributed by atoms with van der Waals surface area (Å²) in [6.45, 7) is 0.182. The van der Waals surface area contributed by atoms with Gasteiger partial charge in [-0.2, -0.15) is 0 Å². The molecule has 2 heterocycles. The summed E-state index contributed by atoms with van der Waals surface area (Å²) in [7, 11) is 0. The molecule has 36 heavy (non-hydrogen) atoms. The zero-order valence-corrected chi connectivity index (χ0v) is 19.3. The van der Waals surface area contributed by atoms with E-state index in [9.17, 15) is 24.0 Å². The standard InChI is InChI=1S/C28H23N3O5/c32-24(29-18-10-2-1-3-11-18)23(31-27(35)21-14-6-7-15-22(21)28(31)36)16-8-9-17-30-25(33)19-12-4-5-13-20(19)26(30)34/h1-7,10-15,23H,8-9,16-17H2,(H,29,32)/t23-/m0/s1.